The lowest BCUT2D eigenvalue weighted by Gasteiger charge is -2.25. The topological polar surface area (TPSA) is 105 Å². The molecule has 9 heteroatoms. The first-order valence-corrected chi connectivity index (χ1v) is 31.8. The third kappa shape index (κ3) is 54.5. The molecule has 70 heavy (non-hydrogen) atoms. The van der Waals surface area contributed by atoms with Crippen LogP contribution in [0, 0.1) is 0 Å². The van der Waals surface area contributed by atoms with Gasteiger partial charge in [-0.2, -0.15) is 0 Å². The average Bonchev–Trinajstić information content (AvgIpc) is 3.32. The van der Waals surface area contributed by atoms with Gasteiger partial charge in [-0.1, -0.05) is 287 Å². The molecule has 0 rings (SSSR count). The monoisotopic (exact) mass is 1010 g/mol. The van der Waals surface area contributed by atoms with Gasteiger partial charge in [-0.05, 0) is 39.0 Å². The Hall–Kier alpha value is -1.28. The molecule has 1 amide bonds. The van der Waals surface area contributed by atoms with Crippen molar-refractivity contribution in [3.05, 3.63) is 36.5 Å². The number of rotatable bonds is 56. The van der Waals surface area contributed by atoms with Crippen molar-refractivity contribution in [2.24, 2.45) is 0 Å². The first-order valence-electron chi connectivity index (χ1n) is 30.3. The molecule has 0 aromatic heterocycles. The van der Waals surface area contributed by atoms with Crippen LogP contribution in [0.4, 0.5) is 0 Å². The number of likely N-dealkylation sites (N-methyl/N-ethyl adjacent to an activating group) is 1. The highest BCUT2D eigenvalue weighted by Crippen LogP contribution is 2.43. The maximum Gasteiger partial charge on any atom is 0.472 e. The van der Waals surface area contributed by atoms with Crippen LogP contribution in [0.2, 0.25) is 0 Å². The van der Waals surface area contributed by atoms with E-state index < -0.39 is 20.0 Å². The third-order valence-corrected chi connectivity index (χ3v) is 14.9. The zero-order chi connectivity index (χ0) is 51.3. The number of unbranched alkanes of at least 4 members (excludes halogenated alkanes) is 40. The van der Waals surface area contributed by atoms with E-state index in [9.17, 15) is 19.4 Å². The summed E-state index contributed by atoms with van der Waals surface area (Å²) < 4.78 is 23.5. The fourth-order valence-corrected chi connectivity index (χ4v) is 9.94. The van der Waals surface area contributed by atoms with Crippen LogP contribution >= 0.6 is 7.82 Å². The fourth-order valence-electron chi connectivity index (χ4n) is 9.20. The van der Waals surface area contributed by atoms with E-state index in [1.54, 1.807) is 6.08 Å². The van der Waals surface area contributed by atoms with Crippen LogP contribution in [0.25, 0.3) is 0 Å². The molecule has 0 saturated heterocycles. The van der Waals surface area contributed by atoms with Crippen LogP contribution < -0.4 is 5.32 Å². The molecule has 0 spiro atoms. The van der Waals surface area contributed by atoms with Gasteiger partial charge in [-0.3, -0.25) is 13.8 Å². The van der Waals surface area contributed by atoms with Gasteiger partial charge in [-0.15, -0.1) is 0 Å². The molecule has 0 aliphatic heterocycles. The first kappa shape index (κ1) is 68.7. The van der Waals surface area contributed by atoms with E-state index in [1.165, 1.54) is 231 Å². The third-order valence-electron chi connectivity index (χ3n) is 13.9. The Bertz CT molecular complexity index is 1230. The van der Waals surface area contributed by atoms with Crippen molar-refractivity contribution >= 4 is 13.7 Å². The number of aliphatic hydroxyl groups excluding tert-OH is 1. The van der Waals surface area contributed by atoms with E-state index in [0.717, 1.165) is 44.9 Å². The summed E-state index contributed by atoms with van der Waals surface area (Å²) in [6.45, 7) is 4.58. The number of hydrogen-bond acceptors (Lipinski definition) is 5. The largest absolute Gasteiger partial charge is 0.472 e. The van der Waals surface area contributed by atoms with Crippen molar-refractivity contribution in [2.75, 3.05) is 40.9 Å². The minimum absolute atomic E-state index is 0.0544. The molecule has 0 saturated carbocycles. The first-order chi connectivity index (χ1) is 34.0. The number of quaternary nitrogens is 1. The van der Waals surface area contributed by atoms with Crippen molar-refractivity contribution in [2.45, 2.75) is 309 Å². The number of nitrogens with zero attached hydrogens (tertiary/aromatic N) is 1. The highest BCUT2D eigenvalue weighted by molar-refractivity contribution is 7.47. The van der Waals surface area contributed by atoms with Crippen molar-refractivity contribution in [1.29, 1.82) is 0 Å². The standard InChI is InChI=1S/C61H119N2O6P/c1-6-8-10-12-14-16-17-18-19-20-21-22-23-24-25-26-27-28-29-30-31-32-33-34-35-36-37-38-39-40-41-42-43-44-45-47-49-51-53-55-61(65)62-59(58-69-70(66,67)68-57-56-63(3,4)5)60(64)54-52-50-48-46-15-13-11-9-7-2/h7,9,15,46,52,54,59-60,64H,6,8,10-14,16-45,47-51,53,55-58H2,1-5H3,(H-,62,65,66,67)/p+1/b9-7+,46-15+,54-52+. The molecule has 0 radical (unpaired) electrons. The van der Waals surface area contributed by atoms with Gasteiger partial charge in [0, 0.05) is 6.42 Å². The highest BCUT2D eigenvalue weighted by atomic mass is 31.2. The predicted molar refractivity (Wildman–Crippen MR) is 304 cm³/mol. The van der Waals surface area contributed by atoms with Crippen LogP contribution in [0.5, 0.6) is 0 Å². The molecule has 0 aliphatic rings. The summed E-state index contributed by atoms with van der Waals surface area (Å²) >= 11 is 0. The second kappa shape index (κ2) is 52.6. The Labute approximate surface area is 436 Å². The van der Waals surface area contributed by atoms with E-state index in [4.69, 9.17) is 9.05 Å². The molecule has 3 atom stereocenters. The SMILES string of the molecule is C/C=C/CC/C=C/CC/C=C/C(O)C(COP(=O)(O)OCC[N+](C)(C)C)NC(=O)CCCCCCCCCCCCCCCCCCCCCCCCCCCCCCCCCCCCCCCCC. The predicted octanol–water partition coefficient (Wildman–Crippen LogP) is 18.5. The molecule has 0 heterocycles. The molecular weight excluding hydrogens is 888 g/mol. The van der Waals surface area contributed by atoms with E-state index in [1.807, 2.05) is 34.1 Å². The van der Waals surface area contributed by atoms with Gasteiger partial charge < -0.3 is 19.8 Å². The molecule has 3 N–H and O–H groups in total. The molecule has 0 bridgehead atoms. The number of allylic oxidation sites excluding steroid dienone is 5. The van der Waals surface area contributed by atoms with Crippen LogP contribution in [-0.2, 0) is 18.4 Å². The van der Waals surface area contributed by atoms with Crippen molar-refractivity contribution in [3.63, 3.8) is 0 Å². The van der Waals surface area contributed by atoms with E-state index >= 15 is 0 Å². The molecule has 0 fully saturated rings. The number of phosphoric acid groups is 1. The maximum absolute atomic E-state index is 12.9. The number of amides is 1. The maximum atomic E-state index is 12.9. The average molecular weight is 1010 g/mol. The van der Waals surface area contributed by atoms with Crippen LogP contribution in [0.15, 0.2) is 36.5 Å². The summed E-state index contributed by atoms with van der Waals surface area (Å²) in [5.41, 5.74) is 0. The number of carbonyl (C=O) groups excluding carboxylic acids is 1. The molecule has 0 aromatic rings. The Kier molecular flexibility index (Phi) is 51.6. The van der Waals surface area contributed by atoms with Gasteiger partial charge >= 0.3 is 7.82 Å². The second-order valence-electron chi connectivity index (χ2n) is 22.1. The molecule has 0 aliphatic carbocycles. The minimum atomic E-state index is -4.35. The smallest absolute Gasteiger partial charge is 0.387 e. The Balaban J connectivity index is 3.76. The number of hydrogen-bond donors (Lipinski definition) is 3. The Morgan fingerprint density at radius 1 is 0.500 bits per heavy atom. The zero-order valence-corrected chi connectivity index (χ0v) is 48.2. The lowest BCUT2D eigenvalue weighted by Crippen LogP contribution is -2.45. The van der Waals surface area contributed by atoms with Gasteiger partial charge in [-0.25, -0.2) is 4.57 Å². The van der Waals surface area contributed by atoms with E-state index in [0.29, 0.717) is 17.4 Å². The number of carbonyl (C=O) groups is 1. The Morgan fingerprint density at radius 2 is 0.814 bits per heavy atom. The lowest BCUT2D eigenvalue weighted by atomic mass is 10.0. The summed E-state index contributed by atoms with van der Waals surface area (Å²) in [6.07, 6.45) is 69.1. The van der Waals surface area contributed by atoms with Gasteiger partial charge in [0.05, 0.1) is 39.9 Å². The summed E-state index contributed by atoms with van der Waals surface area (Å²) in [7, 11) is 1.55. The molecular formula is C61H120N2O6P+. The van der Waals surface area contributed by atoms with Crippen LogP contribution in [0.3, 0.4) is 0 Å². The highest BCUT2D eigenvalue weighted by Gasteiger charge is 2.27. The molecule has 0 aromatic carbocycles. The summed E-state index contributed by atoms with van der Waals surface area (Å²) in [4.78, 5) is 23.1. The van der Waals surface area contributed by atoms with Crippen molar-refractivity contribution in [1.82, 2.24) is 5.32 Å². The summed E-state index contributed by atoms with van der Waals surface area (Å²) in [6, 6.07) is -0.865. The Morgan fingerprint density at radius 3 is 1.14 bits per heavy atom. The fraction of sp³-hybridized carbons (Fsp3) is 0.885. The lowest BCUT2D eigenvalue weighted by molar-refractivity contribution is -0.870. The quantitative estimate of drug-likeness (QED) is 0.0243. The normalized spacial score (nSPS) is 14.1. The van der Waals surface area contributed by atoms with E-state index in [-0.39, 0.29) is 19.1 Å². The van der Waals surface area contributed by atoms with Crippen LogP contribution in [0.1, 0.15) is 296 Å². The molecule has 414 valence electrons. The molecule has 8 nitrogen and oxygen atoms in total. The van der Waals surface area contributed by atoms with Crippen molar-refractivity contribution < 1.29 is 32.9 Å². The second-order valence-corrected chi connectivity index (χ2v) is 23.5. The minimum Gasteiger partial charge on any atom is -0.387 e. The molecule has 3 unspecified atom stereocenters. The van der Waals surface area contributed by atoms with Crippen molar-refractivity contribution in [3.8, 4) is 0 Å². The summed E-state index contributed by atoms with van der Waals surface area (Å²) in [5, 5.41) is 13.8. The van der Waals surface area contributed by atoms with Gasteiger partial charge in [0.2, 0.25) is 5.91 Å². The van der Waals surface area contributed by atoms with Gasteiger partial charge in [0.15, 0.2) is 0 Å². The van der Waals surface area contributed by atoms with Crippen LogP contribution in [-0.4, -0.2) is 73.4 Å². The zero-order valence-electron chi connectivity index (χ0n) is 47.3. The van der Waals surface area contributed by atoms with E-state index in [2.05, 4.69) is 36.5 Å². The number of aliphatic hydroxyl groups is 1. The van der Waals surface area contributed by atoms with Gasteiger partial charge in [0.1, 0.15) is 13.2 Å². The number of nitrogens with one attached hydrogen (secondary N) is 1. The summed E-state index contributed by atoms with van der Waals surface area (Å²) in [5.74, 6) is -0.189. The number of phosphoric ester groups is 1. The van der Waals surface area contributed by atoms with Gasteiger partial charge in [0.25, 0.3) is 0 Å².